The second kappa shape index (κ2) is 4.75. The van der Waals surface area contributed by atoms with E-state index in [-0.39, 0.29) is 4.75 Å². The van der Waals surface area contributed by atoms with Gasteiger partial charge in [-0.3, -0.25) is 0 Å². The Balaban J connectivity index is 1.93. The summed E-state index contributed by atoms with van der Waals surface area (Å²) in [5.41, 5.74) is 1.20. The Bertz CT molecular complexity index is 433. The van der Waals surface area contributed by atoms with Crippen molar-refractivity contribution in [3.05, 3.63) is 42.0 Å². The fourth-order valence-electron chi connectivity index (χ4n) is 1.62. The molecular weight excluding hydrogens is 230 g/mol. The van der Waals surface area contributed by atoms with Crippen LogP contribution in [0.15, 0.2) is 36.4 Å². The molecule has 92 valence electrons. The molecule has 2 rings (SSSR count). The molecule has 0 N–H and O–H groups in total. The van der Waals surface area contributed by atoms with E-state index in [0.717, 1.165) is 6.54 Å². The Hall–Kier alpha value is -0.930. The summed E-state index contributed by atoms with van der Waals surface area (Å²) >= 11 is 0. The predicted molar refractivity (Wildman–Crippen MR) is 73.9 cm³/mol. The summed E-state index contributed by atoms with van der Waals surface area (Å²) in [5, 5.41) is 0. The highest BCUT2D eigenvalue weighted by Crippen LogP contribution is 2.28. The SMILES string of the molecule is CC(C)(C)S(=O)N1C[C@@H]1/C=C/c1ccccc1. The lowest BCUT2D eigenvalue weighted by Crippen LogP contribution is -2.27. The monoisotopic (exact) mass is 249 g/mol. The molecule has 1 aromatic rings. The Morgan fingerprint density at radius 3 is 2.53 bits per heavy atom. The van der Waals surface area contributed by atoms with Crippen LogP contribution in [0.3, 0.4) is 0 Å². The topological polar surface area (TPSA) is 20.1 Å². The number of rotatable bonds is 3. The van der Waals surface area contributed by atoms with Crippen LogP contribution in [-0.4, -0.2) is 25.8 Å². The summed E-state index contributed by atoms with van der Waals surface area (Å²) in [6, 6.07) is 10.5. The summed E-state index contributed by atoms with van der Waals surface area (Å²) in [7, 11) is -0.884. The van der Waals surface area contributed by atoms with Gasteiger partial charge in [0.25, 0.3) is 0 Å². The zero-order valence-electron chi connectivity index (χ0n) is 10.6. The first-order valence-corrected chi connectivity index (χ1v) is 7.01. The maximum Gasteiger partial charge on any atom is 0.100 e. The van der Waals surface area contributed by atoms with Gasteiger partial charge in [0.05, 0.1) is 10.8 Å². The van der Waals surface area contributed by atoms with Gasteiger partial charge in [0.2, 0.25) is 0 Å². The van der Waals surface area contributed by atoms with Gasteiger partial charge in [-0.25, -0.2) is 8.51 Å². The van der Waals surface area contributed by atoms with Crippen molar-refractivity contribution in [1.82, 2.24) is 4.31 Å². The molecule has 2 unspecified atom stereocenters. The van der Waals surface area contributed by atoms with Gasteiger partial charge in [-0.05, 0) is 26.3 Å². The van der Waals surface area contributed by atoms with E-state index >= 15 is 0 Å². The van der Waals surface area contributed by atoms with E-state index in [1.807, 2.05) is 43.3 Å². The van der Waals surface area contributed by atoms with Crippen LogP contribution in [0.2, 0.25) is 0 Å². The Kier molecular flexibility index (Phi) is 3.50. The lowest BCUT2D eigenvalue weighted by atomic mass is 10.2. The third-order valence-electron chi connectivity index (χ3n) is 2.65. The van der Waals surface area contributed by atoms with E-state index in [0.29, 0.717) is 6.04 Å². The highest BCUT2D eigenvalue weighted by molar-refractivity contribution is 7.84. The molecule has 0 spiro atoms. The van der Waals surface area contributed by atoms with Gasteiger partial charge in [-0.2, -0.15) is 0 Å². The highest BCUT2D eigenvalue weighted by Gasteiger charge is 2.41. The van der Waals surface area contributed by atoms with Crippen molar-refractivity contribution in [2.75, 3.05) is 6.54 Å². The van der Waals surface area contributed by atoms with Crippen molar-refractivity contribution in [3.63, 3.8) is 0 Å². The van der Waals surface area contributed by atoms with Crippen molar-refractivity contribution < 1.29 is 4.21 Å². The summed E-state index contributed by atoms with van der Waals surface area (Å²) in [6.07, 6.45) is 4.24. The summed E-state index contributed by atoms with van der Waals surface area (Å²) in [4.78, 5) is 0. The third-order valence-corrected chi connectivity index (χ3v) is 4.54. The van der Waals surface area contributed by atoms with Gasteiger partial charge < -0.3 is 0 Å². The average Bonchev–Trinajstić information content (AvgIpc) is 3.05. The van der Waals surface area contributed by atoms with E-state index in [1.165, 1.54) is 5.56 Å². The molecular formula is C14H19NOS. The number of nitrogens with zero attached hydrogens (tertiary/aromatic N) is 1. The lowest BCUT2D eigenvalue weighted by Gasteiger charge is -2.17. The molecule has 0 bridgehead atoms. The standard InChI is InChI=1S/C14H19NOS/c1-14(2,3)17(16)15-11-13(15)10-9-12-7-5-4-6-8-12/h4-10,13H,11H2,1-3H3/b10-9+/t13-,15?,17?/m0/s1. The van der Waals surface area contributed by atoms with Crippen molar-refractivity contribution >= 4 is 17.1 Å². The molecule has 3 heteroatoms. The quantitative estimate of drug-likeness (QED) is 0.754. The second-order valence-electron chi connectivity index (χ2n) is 5.30. The van der Waals surface area contributed by atoms with Crippen molar-refractivity contribution in [2.45, 2.75) is 31.6 Å². The van der Waals surface area contributed by atoms with Crippen LogP contribution in [0.25, 0.3) is 6.08 Å². The lowest BCUT2D eigenvalue weighted by molar-refractivity contribution is 0.612. The molecule has 1 saturated heterocycles. The van der Waals surface area contributed by atoms with Crippen LogP contribution < -0.4 is 0 Å². The molecule has 3 atom stereocenters. The van der Waals surface area contributed by atoms with Crippen LogP contribution in [0, 0.1) is 0 Å². The van der Waals surface area contributed by atoms with E-state index < -0.39 is 11.0 Å². The normalized spacial score (nSPS) is 26.1. The minimum absolute atomic E-state index is 0.157. The Morgan fingerprint density at radius 2 is 1.94 bits per heavy atom. The largest absolute Gasteiger partial charge is 0.242 e. The highest BCUT2D eigenvalue weighted by atomic mass is 32.2. The summed E-state index contributed by atoms with van der Waals surface area (Å²) < 4.78 is 13.9. The molecule has 1 aliphatic heterocycles. The fourth-order valence-corrected chi connectivity index (χ4v) is 2.93. The first kappa shape index (κ1) is 12.5. The predicted octanol–water partition coefficient (Wildman–Crippen LogP) is 2.85. The minimum atomic E-state index is -0.884. The van der Waals surface area contributed by atoms with Crippen molar-refractivity contribution in [3.8, 4) is 0 Å². The number of benzene rings is 1. The van der Waals surface area contributed by atoms with Gasteiger partial charge in [-0.15, -0.1) is 0 Å². The molecule has 0 saturated carbocycles. The maximum absolute atomic E-state index is 12.1. The molecule has 0 radical (unpaired) electrons. The molecule has 0 aromatic heterocycles. The molecule has 1 aromatic carbocycles. The molecule has 17 heavy (non-hydrogen) atoms. The third kappa shape index (κ3) is 3.27. The smallest absolute Gasteiger partial charge is 0.100 e. The van der Waals surface area contributed by atoms with Gasteiger partial charge in [-0.1, -0.05) is 42.5 Å². The van der Waals surface area contributed by atoms with E-state index in [9.17, 15) is 4.21 Å². The molecule has 0 aliphatic carbocycles. The first-order valence-electron chi connectivity index (χ1n) is 5.90. The van der Waals surface area contributed by atoms with Gasteiger partial charge in [0.1, 0.15) is 11.0 Å². The zero-order valence-corrected chi connectivity index (χ0v) is 11.4. The van der Waals surface area contributed by atoms with Crippen molar-refractivity contribution in [1.29, 1.82) is 0 Å². The molecule has 1 fully saturated rings. The van der Waals surface area contributed by atoms with Crippen LogP contribution >= 0.6 is 0 Å². The van der Waals surface area contributed by atoms with Gasteiger partial charge >= 0.3 is 0 Å². The minimum Gasteiger partial charge on any atom is -0.242 e. The Labute approximate surface area is 106 Å². The van der Waals surface area contributed by atoms with E-state index in [2.05, 4.69) is 24.3 Å². The van der Waals surface area contributed by atoms with Gasteiger partial charge in [0.15, 0.2) is 0 Å². The fraction of sp³-hybridized carbons (Fsp3) is 0.429. The van der Waals surface area contributed by atoms with E-state index in [4.69, 9.17) is 0 Å². The maximum atomic E-state index is 12.1. The molecule has 1 heterocycles. The summed E-state index contributed by atoms with van der Waals surface area (Å²) in [5.74, 6) is 0. The second-order valence-corrected chi connectivity index (χ2v) is 7.49. The molecule has 2 nitrogen and oxygen atoms in total. The molecule has 1 aliphatic rings. The number of hydrogen-bond acceptors (Lipinski definition) is 1. The number of hydrogen-bond donors (Lipinski definition) is 0. The molecule has 0 amide bonds. The van der Waals surface area contributed by atoms with Crippen LogP contribution in [0.1, 0.15) is 26.3 Å². The van der Waals surface area contributed by atoms with E-state index in [1.54, 1.807) is 0 Å². The summed E-state index contributed by atoms with van der Waals surface area (Å²) in [6.45, 7) is 6.95. The van der Waals surface area contributed by atoms with Crippen LogP contribution in [0.5, 0.6) is 0 Å². The zero-order chi connectivity index (χ0) is 12.5. The van der Waals surface area contributed by atoms with Crippen LogP contribution in [-0.2, 0) is 11.0 Å². The first-order chi connectivity index (χ1) is 7.98. The van der Waals surface area contributed by atoms with Gasteiger partial charge in [0, 0.05) is 6.54 Å². The average molecular weight is 249 g/mol. The Morgan fingerprint density at radius 1 is 1.29 bits per heavy atom. The van der Waals surface area contributed by atoms with Crippen molar-refractivity contribution in [2.24, 2.45) is 0 Å². The van der Waals surface area contributed by atoms with Crippen LogP contribution in [0.4, 0.5) is 0 Å².